The Kier molecular flexibility index (Phi) is 13.2. The van der Waals surface area contributed by atoms with Gasteiger partial charge in [0.05, 0.1) is 0 Å². The van der Waals surface area contributed by atoms with Crippen LogP contribution in [-0.4, -0.2) is 108 Å². The van der Waals surface area contributed by atoms with Crippen molar-refractivity contribution in [2.75, 3.05) is 0 Å². The number of ether oxygens (including phenoxy) is 3. The molecule has 0 rings (SSSR count). The van der Waals surface area contributed by atoms with Gasteiger partial charge in [-0.3, -0.25) is 14.2 Å². The molecule has 3 nitrogen and oxygen atoms in total. The highest BCUT2D eigenvalue weighted by molar-refractivity contribution is 5.23. The molecule has 0 aliphatic carbocycles. The number of hydrogen-bond donors (Lipinski definition) is 0. The van der Waals surface area contributed by atoms with Crippen LogP contribution in [0.4, 0.5) is 167 Å². The van der Waals surface area contributed by atoms with E-state index in [2.05, 4.69) is 0 Å². The summed E-state index contributed by atoms with van der Waals surface area (Å²) in [6, 6.07) is 0. The zero-order valence-corrected chi connectivity index (χ0v) is 24.6. The van der Waals surface area contributed by atoms with Gasteiger partial charge in [-0.25, -0.2) is 4.39 Å². The SMILES string of the molecule is FC(F)(F)C(F)(F)OC(OC(F)(F)C(F)(F)F)(OC(F)(F)C(F)(F)F)C(F)(C(F)(F)C(F)(F)F)C(F)(F)C(F)(F)C(F)(F)C(F)(F)C(F)(F)C(F)(F)C(F)(F)C(F)(F)F. The quantitative estimate of drug-likeness (QED) is 0.121. The Morgan fingerprint density at radius 3 is 0.508 bits per heavy atom. The molecule has 0 saturated carbocycles. The monoisotopic (exact) mass is 986 g/mol. The van der Waals surface area contributed by atoms with Crippen LogP contribution < -0.4 is 0 Å². The standard InChI is InChI=1S/C18F38O3/c19-1(3(22,23)10(36,37)38,2(20,21)4(24,25)5(26,27)6(28,29)7(30,31)8(32,33)9(34,35)11(39,40)41)18(57-15(51,52)12(42,43)44,58-16(53,54)13(45,46)47)59-17(55,56)14(48,49)50. The van der Waals surface area contributed by atoms with Crippen molar-refractivity contribution in [2.24, 2.45) is 0 Å². The van der Waals surface area contributed by atoms with E-state index in [1.807, 2.05) is 0 Å². The van der Waals surface area contributed by atoms with Gasteiger partial charge in [0.25, 0.3) is 0 Å². The van der Waals surface area contributed by atoms with Crippen LogP contribution in [0, 0.1) is 0 Å². The Morgan fingerprint density at radius 2 is 0.339 bits per heavy atom. The fraction of sp³-hybridized carbons (Fsp3) is 1.00. The van der Waals surface area contributed by atoms with Gasteiger partial charge in [-0.15, -0.1) is 0 Å². The van der Waals surface area contributed by atoms with Crippen molar-refractivity contribution in [3.05, 3.63) is 0 Å². The molecule has 1 unspecified atom stereocenters. The van der Waals surface area contributed by atoms with E-state index >= 15 is 13.2 Å². The normalized spacial score (nSPS) is 18.0. The van der Waals surface area contributed by atoms with Gasteiger partial charge in [0, 0.05) is 0 Å². The van der Waals surface area contributed by atoms with Gasteiger partial charge in [0.15, 0.2) is 0 Å². The first-order chi connectivity index (χ1) is 24.6. The predicted octanol–water partition coefficient (Wildman–Crippen LogP) is 12.1. The van der Waals surface area contributed by atoms with E-state index in [0.29, 0.717) is 14.2 Å². The number of alkyl halides is 38. The molecule has 1 atom stereocenters. The molecule has 41 heteroatoms. The summed E-state index contributed by atoms with van der Waals surface area (Å²) in [5.74, 6) is -93.9. The highest BCUT2D eigenvalue weighted by Gasteiger charge is 3.03. The largest absolute Gasteiger partial charge is 0.483 e. The minimum atomic E-state index is -11.4. The van der Waals surface area contributed by atoms with Crippen molar-refractivity contribution in [1.82, 2.24) is 0 Å². The van der Waals surface area contributed by atoms with Crippen LogP contribution in [0.2, 0.25) is 0 Å². The third kappa shape index (κ3) is 7.84. The molecule has 0 fully saturated rings. The van der Waals surface area contributed by atoms with Crippen molar-refractivity contribution in [3.63, 3.8) is 0 Å². The Morgan fingerprint density at radius 1 is 0.169 bits per heavy atom. The van der Waals surface area contributed by atoms with Gasteiger partial charge in [-0.1, -0.05) is 0 Å². The van der Waals surface area contributed by atoms with Crippen molar-refractivity contribution < 1.29 is 181 Å². The highest BCUT2D eigenvalue weighted by atomic mass is 19.5. The summed E-state index contributed by atoms with van der Waals surface area (Å²) in [6.07, 6.45) is -73.1. The fourth-order valence-electron chi connectivity index (χ4n) is 3.11. The molecule has 0 aliphatic heterocycles. The van der Waals surface area contributed by atoms with Gasteiger partial charge < -0.3 is 0 Å². The second-order valence-corrected chi connectivity index (χ2v) is 10.2. The van der Waals surface area contributed by atoms with E-state index in [1.54, 1.807) is 0 Å². The molecule has 0 N–H and O–H groups in total. The van der Waals surface area contributed by atoms with E-state index in [9.17, 15) is 154 Å². The summed E-state index contributed by atoms with van der Waals surface area (Å²) in [5, 5.41) is 0. The molecule has 0 aromatic rings. The molecular weight excluding hydrogens is 986 g/mol. The van der Waals surface area contributed by atoms with E-state index < -0.39 is 108 Å². The van der Waals surface area contributed by atoms with Gasteiger partial charge in [0.1, 0.15) is 0 Å². The minimum absolute atomic E-state index is 0.626. The molecule has 0 aliphatic rings. The average molecular weight is 986 g/mol. The van der Waals surface area contributed by atoms with E-state index in [4.69, 9.17) is 0 Å². The molecule has 59 heavy (non-hydrogen) atoms. The fourth-order valence-corrected chi connectivity index (χ4v) is 3.11. The Bertz CT molecular complexity index is 1410. The molecular formula is C18F38O3. The first-order valence-electron chi connectivity index (χ1n) is 11.9. The number of hydrogen-bond acceptors (Lipinski definition) is 3. The molecule has 0 radical (unpaired) electrons. The first kappa shape index (κ1) is 56.2. The van der Waals surface area contributed by atoms with Gasteiger partial charge in [-0.2, -0.15) is 162 Å². The van der Waals surface area contributed by atoms with Crippen LogP contribution >= 0.6 is 0 Å². The lowest BCUT2D eigenvalue weighted by Crippen LogP contribution is -2.85. The number of halogens is 38. The van der Waals surface area contributed by atoms with Crippen molar-refractivity contribution >= 4 is 0 Å². The summed E-state index contributed by atoms with van der Waals surface area (Å²) in [4.78, 5) is 0. The predicted molar refractivity (Wildman–Crippen MR) is 94.5 cm³/mol. The Balaban J connectivity index is 9.60. The second kappa shape index (κ2) is 13.9. The lowest BCUT2D eigenvalue weighted by Gasteiger charge is -2.53. The smallest absolute Gasteiger partial charge is 0.252 e. The van der Waals surface area contributed by atoms with E-state index in [1.165, 1.54) is 0 Å². The van der Waals surface area contributed by atoms with Crippen LogP contribution in [0.25, 0.3) is 0 Å². The third-order valence-electron chi connectivity index (χ3n) is 6.14. The molecule has 0 aromatic carbocycles. The van der Waals surface area contributed by atoms with Crippen LogP contribution in [0.5, 0.6) is 0 Å². The molecule has 0 saturated heterocycles. The average Bonchev–Trinajstić information content (AvgIpc) is 2.91. The van der Waals surface area contributed by atoms with Crippen LogP contribution in [0.3, 0.4) is 0 Å². The lowest BCUT2D eigenvalue weighted by molar-refractivity contribution is -0.635. The summed E-state index contributed by atoms with van der Waals surface area (Å²) in [5.41, 5.74) is -11.4. The summed E-state index contributed by atoms with van der Waals surface area (Å²) in [7, 11) is 0. The Hall–Kier alpha value is -2.78. The molecule has 0 aromatic heterocycles. The molecule has 0 spiro atoms. The van der Waals surface area contributed by atoms with Crippen LogP contribution in [0.1, 0.15) is 0 Å². The second-order valence-electron chi connectivity index (χ2n) is 10.2. The maximum Gasteiger partial charge on any atom is 0.483 e. The maximum absolute atomic E-state index is 15.8. The van der Waals surface area contributed by atoms with Crippen molar-refractivity contribution in [1.29, 1.82) is 0 Å². The van der Waals surface area contributed by atoms with Gasteiger partial charge >= 0.3 is 108 Å². The Labute approximate surface area is 291 Å². The van der Waals surface area contributed by atoms with Crippen LogP contribution in [0.15, 0.2) is 0 Å². The topological polar surface area (TPSA) is 27.7 Å². The number of rotatable bonds is 15. The van der Waals surface area contributed by atoms with Crippen LogP contribution in [-0.2, 0) is 14.2 Å². The zero-order valence-electron chi connectivity index (χ0n) is 24.6. The summed E-state index contributed by atoms with van der Waals surface area (Å²) >= 11 is 0. The van der Waals surface area contributed by atoms with E-state index in [0.717, 1.165) is 0 Å². The lowest BCUT2D eigenvalue weighted by atomic mass is 9.78. The van der Waals surface area contributed by atoms with Gasteiger partial charge in [0.2, 0.25) is 0 Å². The maximum atomic E-state index is 15.8. The third-order valence-corrected chi connectivity index (χ3v) is 6.14. The van der Waals surface area contributed by atoms with E-state index in [-0.39, 0.29) is 0 Å². The highest BCUT2D eigenvalue weighted by Crippen LogP contribution is 2.70. The van der Waals surface area contributed by atoms with Crippen molar-refractivity contribution in [2.45, 2.75) is 108 Å². The van der Waals surface area contributed by atoms with Gasteiger partial charge in [-0.05, 0) is 0 Å². The summed E-state index contributed by atoms with van der Waals surface area (Å²) in [6.45, 7) is 0. The summed E-state index contributed by atoms with van der Waals surface area (Å²) < 4.78 is 515. The van der Waals surface area contributed by atoms with Crippen molar-refractivity contribution in [3.8, 4) is 0 Å². The minimum Gasteiger partial charge on any atom is -0.252 e. The first-order valence-corrected chi connectivity index (χ1v) is 11.9. The molecule has 356 valence electrons. The zero-order chi connectivity index (χ0) is 49.1. The molecule has 0 heterocycles. The molecule has 0 bridgehead atoms. The molecule has 0 amide bonds.